The third-order valence-corrected chi connectivity index (χ3v) is 5.53. The predicted octanol–water partition coefficient (Wildman–Crippen LogP) is 3.27. The number of aliphatic hydroxyl groups is 1. The van der Waals surface area contributed by atoms with Gasteiger partial charge >= 0.3 is 0 Å². The molecule has 4 nitrogen and oxygen atoms in total. The number of rotatable bonds is 7. The van der Waals surface area contributed by atoms with E-state index in [4.69, 9.17) is 0 Å². The number of aryl methyl sites for hydroxylation is 1. The monoisotopic (exact) mass is 366 g/mol. The Balaban J connectivity index is 1.66. The van der Waals surface area contributed by atoms with E-state index in [-0.39, 0.29) is 12.4 Å². The number of hydrogen-bond donors (Lipinski definition) is 1. The van der Waals surface area contributed by atoms with Crippen LogP contribution in [0, 0.1) is 6.92 Å². The van der Waals surface area contributed by atoms with Gasteiger partial charge in [0.1, 0.15) is 0 Å². The smallest absolute Gasteiger partial charge is 0.159 e. The Morgan fingerprint density at radius 3 is 2.67 bits per heavy atom. The molecule has 2 aromatic carbocycles. The molecular formula is C23H30N2O2. The third-order valence-electron chi connectivity index (χ3n) is 5.53. The van der Waals surface area contributed by atoms with Crippen LogP contribution < -0.4 is 0 Å². The summed E-state index contributed by atoms with van der Waals surface area (Å²) in [6.07, 6.45) is 0.788. The van der Waals surface area contributed by atoms with E-state index < -0.39 is 0 Å². The second-order valence-corrected chi connectivity index (χ2v) is 7.55. The van der Waals surface area contributed by atoms with Crippen molar-refractivity contribution in [2.75, 3.05) is 26.2 Å². The average molecular weight is 367 g/mol. The third kappa shape index (κ3) is 5.25. The van der Waals surface area contributed by atoms with Gasteiger partial charge in [-0.2, -0.15) is 0 Å². The standard InChI is InChI=1S/C23H30N2O2/c1-18-6-3-4-8-22(18)16-25-12-11-24(17-23(25)10-13-26)15-20-7-5-9-21(14-20)19(2)27/h3-9,14,23,26H,10-13,15-17H2,1-2H3/t23-/m1/s1. The molecule has 0 spiro atoms. The van der Waals surface area contributed by atoms with Crippen LogP contribution in [-0.4, -0.2) is 53.0 Å². The molecule has 3 rings (SSSR count). The van der Waals surface area contributed by atoms with Crippen molar-refractivity contribution in [3.8, 4) is 0 Å². The van der Waals surface area contributed by atoms with Gasteiger partial charge in [0, 0.05) is 50.9 Å². The molecule has 1 aliphatic rings. The molecule has 1 fully saturated rings. The Hall–Kier alpha value is -2.01. The van der Waals surface area contributed by atoms with Gasteiger partial charge in [0.15, 0.2) is 5.78 Å². The van der Waals surface area contributed by atoms with Crippen LogP contribution in [0.5, 0.6) is 0 Å². The summed E-state index contributed by atoms with van der Waals surface area (Å²) in [7, 11) is 0. The number of benzene rings is 2. The number of Topliss-reactive ketones (excluding diaryl/α,β-unsaturated/α-hetero) is 1. The van der Waals surface area contributed by atoms with E-state index in [2.05, 4.69) is 47.1 Å². The molecule has 4 heteroatoms. The van der Waals surface area contributed by atoms with Crippen molar-refractivity contribution in [3.63, 3.8) is 0 Å². The van der Waals surface area contributed by atoms with Crippen molar-refractivity contribution in [2.24, 2.45) is 0 Å². The normalized spacial score (nSPS) is 18.6. The summed E-state index contributed by atoms with van der Waals surface area (Å²) in [6.45, 7) is 8.70. The number of hydrogen-bond acceptors (Lipinski definition) is 4. The summed E-state index contributed by atoms with van der Waals surface area (Å²) in [4.78, 5) is 16.6. The number of piperazine rings is 1. The molecule has 0 aromatic heterocycles. The minimum Gasteiger partial charge on any atom is -0.396 e. The maximum absolute atomic E-state index is 11.6. The van der Waals surface area contributed by atoms with E-state index in [0.29, 0.717) is 6.04 Å². The molecule has 2 aromatic rings. The highest BCUT2D eigenvalue weighted by Crippen LogP contribution is 2.20. The summed E-state index contributed by atoms with van der Waals surface area (Å²) < 4.78 is 0. The molecule has 1 N–H and O–H groups in total. The fourth-order valence-electron chi connectivity index (χ4n) is 3.89. The summed E-state index contributed by atoms with van der Waals surface area (Å²) in [5.41, 5.74) is 4.64. The Morgan fingerprint density at radius 2 is 1.93 bits per heavy atom. The Morgan fingerprint density at radius 1 is 1.11 bits per heavy atom. The fraction of sp³-hybridized carbons (Fsp3) is 0.435. The van der Waals surface area contributed by atoms with Crippen LogP contribution in [0.4, 0.5) is 0 Å². The number of carbonyl (C=O) groups is 1. The maximum Gasteiger partial charge on any atom is 0.159 e. The van der Waals surface area contributed by atoms with Gasteiger partial charge in [-0.25, -0.2) is 0 Å². The molecular weight excluding hydrogens is 336 g/mol. The fourth-order valence-corrected chi connectivity index (χ4v) is 3.89. The summed E-state index contributed by atoms with van der Waals surface area (Å²) >= 11 is 0. The van der Waals surface area contributed by atoms with Gasteiger partial charge < -0.3 is 5.11 Å². The van der Waals surface area contributed by atoms with Crippen molar-refractivity contribution < 1.29 is 9.90 Å². The lowest BCUT2D eigenvalue weighted by Crippen LogP contribution is -2.52. The van der Waals surface area contributed by atoms with Crippen LogP contribution in [0.1, 0.15) is 40.4 Å². The van der Waals surface area contributed by atoms with E-state index in [1.54, 1.807) is 6.92 Å². The summed E-state index contributed by atoms with van der Waals surface area (Å²) in [6, 6.07) is 16.8. The van der Waals surface area contributed by atoms with E-state index >= 15 is 0 Å². The quantitative estimate of drug-likeness (QED) is 0.764. The van der Waals surface area contributed by atoms with Gasteiger partial charge in [-0.1, -0.05) is 42.5 Å². The highest BCUT2D eigenvalue weighted by molar-refractivity contribution is 5.94. The largest absolute Gasteiger partial charge is 0.396 e. The average Bonchev–Trinajstić information content (AvgIpc) is 2.66. The molecule has 1 saturated heterocycles. The Kier molecular flexibility index (Phi) is 6.78. The SMILES string of the molecule is CC(=O)c1cccc(CN2CCN(Cc3ccccc3C)[C@H](CCO)C2)c1. The molecule has 1 heterocycles. The van der Waals surface area contributed by atoms with Crippen LogP contribution >= 0.6 is 0 Å². The first kappa shape index (κ1) is 19.7. The Labute approximate surface area is 162 Å². The molecule has 1 atom stereocenters. The van der Waals surface area contributed by atoms with E-state index in [0.717, 1.165) is 44.7 Å². The molecule has 27 heavy (non-hydrogen) atoms. The number of nitrogens with zero attached hydrogens (tertiary/aromatic N) is 2. The molecule has 0 bridgehead atoms. The molecule has 0 unspecified atom stereocenters. The molecule has 0 amide bonds. The molecule has 1 aliphatic heterocycles. The number of carbonyl (C=O) groups excluding carboxylic acids is 1. The van der Waals surface area contributed by atoms with Crippen molar-refractivity contribution in [1.29, 1.82) is 0 Å². The van der Waals surface area contributed by atoms with Crippen LogP contribution in [-0.2, 0) is 13.1 Å². The lowest BCUT2D eigenvalue weighted by Gasteiger charge is -2.41. The first-order valence-corrected chi connectivity index (χ1v) is 9.78. The van der Waals surface area contributed by atoms with Gasteiger partial charge in [0.05, 0.1) is 0 Å². The first-order chi connectivity index (χ1) is 13.1. The minimum absolute atomic E-state index is 0.109. The van der Waals surface area contributed by atoms with Crippen LogP contribution in [0.25, 0.3) is 0 Å². The lowest BCUT2D eigenvalue weighted by atomic mass is 10.0. The molecule has 144 valence electrons. The summed E-state index contributed by atoms with van der Waals surface area (Å²) in [5.74, 6) is 0.109. The second kappa shape index (κ2) is 9.27. The van der Waals surface area contributed by atoms with E-state index in [9.17, 15) is 9.90 Å². The predicted molar refractivity (Wildman–Crippen MR) is 109 cm³/mol. The zero-order valence-corrected chi connectivity index (χ0v) is 16.4. The van der Waals surface area contributed by atoms with Gasteiger partial charge in [-0.15, -0.1) is 0 Å². The molecule has 0 radical (unpaired) electrons. The minimum atomic E-state index is 0.109. The van der Waals surface area contributed by atoms with Gasteiger partial charge in [0.2, 0.25) is 0 Å². The summed E-state index contributed by atoms with van der Waals surface area (Å²) in [5, 5.41) is 9.55. The Bertz CT molecular complexity index is 774. The number of ketones is 1. The van der Waals surface area contributed by atoms with Gasteiger partial charge in [-0.3, -0.25) is 14.6 Å². The molecule has 0 aliphatic carbocycles. The maximum atomic E-state index is 11.6. The van der Waals surface area contributed by atoms with Gasteiger partial charge in [-0.05, 0) is 43.0 Å². The highest BCUT2D eigenvalue weighted by atomic mass is 16.3. The van der Waals surface area contributed by atoms with Crippen molar-refractivity contribution >= 4 is 5.78 Å². The van der Waals surface area contributed by atoms with Crippen molar-refractivity contribution in [1.82, 2.24) is 9.80 Å². The topological polar surface area (TPSA) is 43.8 Å². The van der Waals surface area contributed by atoms with Crippen LogP contribution in [0.2, 0.25) is 0 Å². The zero-order chi connectivity index (χ0) is 19.2. The van der Waals surface area contributed by atoms with Crippen LogP contribution in [0.15, 0.2) is 48.5 Å². The van der Waals surface area contributed by atoms with Crippen molar-refractivity contribution in [3.05, 3.63) is 70.8 Å². The number of aliphatic hydroxyl groups excluding tert-OH is 1. The zero-order valence-electron chi connectivity index (χ0n) is 16.4. The van der Waals surface area contributed by atoms with Crippen LogP contribution in [0.3, 0.4) is 0 Å². The molecule has 0 saturated carbocycles. The van der Waals surface area contributed by atoms with Gasteiger partial charge in [0.25, 0.3) is 0 Å². The lowest BCUT2D eigenvalue weighted by molar-refractivity contribution is 0.0498. The van der Waals surface area contributed by atoms with E-state index in [1.807, 2.05) is 18.2 Å². The van der Waals surface area contributed by atoms with E-state index in [1.165, 1.54) is 16.7 Å². The van der Waals surface area contributed by atoms with Crippen molar-refractivity contribution in [2.45, 2.75) is 39.4 Å². The second-order valence-electron chi connectivity index (χ2n) is 7.55. The highest BCUT2D eigenvalue weighted by Gasteiger charge is 2.27. The first-order valence-electron chi connectivity index (χ1n) is 9.78.